The van der Waals surface area contributed by atoms with Crippen LogP contribution < -0.4 is 11.0 Å². The van der Waals surface area contributed by atoms with Gasteiger partial charge in [0, 0.05) is 26.1 Å². The smallest absolute Gasteiger partial charge is 0.313 e. The maximum Gasteiger partial charge on any atom is 0.346 e. The van der Waals surface area contributed by atoms with Crippen LogP contribution in [0.4, 0.5) is 0 Å². The monoisotopic (exact) mass is 222 g/mol. The van der Waals surface area contributed by atoms with Gasteiger partial charge in [0.2, 0.25) is 0 Å². The molecule has 5 nitrogen and oxygen atoms in total. The van der Waals surface area contributed by atoms with Gasteiger partial charge in [0.25, 0.3) is 0 Å². The highest BCUT2D eigenvalue weighted by Crippen LogP contribution is 2.33. The highest BCUT2D eigenvalue weighted by atomic mass is 16.2. The average molecular weight is 222 g/mol. The topological polar surface area (TPSA) is 51.9 Å². The summed E-state index contributed by atoms with van der Waals surface area (Å²) in [5, 5.41) is 7.65. The fourth-order valence-corrected chi connectivity index (χ4v) is 2.76. The molecule has 1 saturated carbocycles. The van der Waals surface area contributed by atoms with E-state index in [1.54, 1.807) is 7.05 Å². The van der Waals surface area contributed by atoms with Crippen LogP contribution in [-0.2, 0) is 7.05 Å². The van der Waals surface area contributed by atoms with E-state index >= 15 is 0 Å². The lowest BCUT2D eigenvalue weighted by Gasteiger charge is -2.29. The molecule has 3 rings (SSSR count). The van der Waals surface area contributed by atoms with Crippen molar-refractivity contribution in [2.24, 2.45) is 7.05 Å². The lowest BCUT2D eigenvalue weighted by Crippen LogP contribution is -2.47. The van der Waals surface area contributed by atoms with Gasteiger partial charge in [0.1, 0.15) is 5.82 Å². The predicted molar refractivity (Wildman–Crippen MR) is 60.6 cm³/mol. The first-order valence-electron chi connectivity index (χ1n) is 6.13. The second-order valence-corrected chi connectivity index (χ2v) is 4.93. The van der Waals surface area contributed by atoms with Gasteiger partial charge >= 0.3 is 5.69 Å². The van der Waals surface area contributed by atoms with Gasteiger partial charge in [-0.25, -0.2) is 9.48 Å². The van der Waals surface area contributed by atoms with Crippen LogP contribution in [0.3, 0.4) is 0 Å². The molecule has 0 bridgehead atoms. The largest absolute Gasteiger partial charge is 0.346 e. The number of hydrogen-bond donors (Lipinski definition) is 1. The Bertz CT molecular complexity index is 437. The van der Waals surface area contributed by atoms with E-state index < -0.39 is 0 Å². The molecule has 88 valence electrons. The van der Waals surface area contributed by atoms with Crippen LogP contribution >= 0.6 is 0 Å². The maximum absolute atomic E-state index is 12.0. The van der Waals surface area contributed by atoms with Crippen molar-refractivity contribution in [1.29, 1.82) is 0 Å². The van der Waals surface area contributed by atoms with Crippen molar-refractivity contribution < 1.29 is 0 Å². The van der Waals surface area contributed by atoms with Gasteiger partial charge in [-0.05, 0) is 12.8 Å². The Morgan fingerprint density at radius 3 is 2.56 bits per heavy atom. The second kappa shape index (κ2) is 3.73. The van der Waals surface area contributed by atoms with Crippen LogP contribution in [0.2, 0.25) is 0 Å². The molecule has 16 heavy (non-hydrogen) atoms. The van der Waals surface area contributed by atoms with Crippen molar-refractivity contribution in [3.63, 3.8) is 0 Å². The first-order chi connectivity index (χ1) is 7.77. The average Bonchev–Trinajstić information content (AvgIpc) is 2.78. The van der Waals surface area contributed by atoms with Gasteiger partial charge < -0.3 is 5.32 Å². The van der Waals surface area contributed by atoms with Gasteiger partial charge in [-0.1, -0.05) is 12.8 Å². The molecule has 0 aromatic carbocycles. The summed E-state index contributed by atoms with van der Waals surface area (Å²) in [5.41, 5.74) is 0.0494. The molecule has 1 aliphatic heterocycles. The van der Waals surface area contributed by atoms with Crippen molar-refractivity contribution in [2.45, 2.75) is 37.6 Å². The minimum atomic E-state index is 0.0494. The van der Waals surface area contributed by atoms with E-state index in [9.17, 15) is 4.79 Å². The zero-order valence-corrected chi connectivity index (χ0v) is 9.65. The highest BCUT2D eigenvalue weighted by Gasteiger charge is 2.30. The van der Waals surface area contributed by atoms with E-state index in [0.717, 1.165) is 18.9 Å². The van der Waals surface area contributed by atoms with Crippen molar-refractivity contribution in [3.05, 3.63) is 16.3 Å². The predicted octanol–water partition coefficient (Wildman–Crippen LogP) is 0.384. The quantitative estimate of drug-likeness (QED) is 0.787. The van der Waals surface area contributed by atoms with E-state index in [1.807, 2.05) is 4.57 Å². The Morgan fingerprint density at radius 1 is 1.31 bits per heavy atom. The molecule has 2 aliphatic rings. The number of aryl methyl sites for hydroxylation is 1. The SMILES string of the molecule is Cn1nc(C2CCCC2)n(C2CNC2)c1=O. The minimum absolute atomic E-state index is 0.0494. The van der Waals surface area contributed by atoms with Gasteiger partial charge in [0.05, 0.1) is 6.04 Å². The highest BCUT2D eigenvalue weighted by molar-refractivity contribution is 5.03. The van der Waals surface area contributed by atoms with E-state index in [0.29, 0.717) is 12.0 Å². The number of rotatable bonds is 2. The summed E-state index contributed by atoms with van der Waals surface area (Å²) in [7, 11) is 1.75. The Labute approximate surface area is 94.5 Å². The Morgan fingerprint density at radius 2 is 2.00 bits per heavy atom. The van der Waals surface area contributed by atoms with Crippen LogP contribution in [-0.4, -0.2) is 27.4 Å². The maximum atomic E-state index is 12.0. The van der Waals surface area contributed by atoms with Crippen LogP contribution in [0.15, 0.2) is 4.79 Å². The van der Waals surface area contributed by atoms with E-state index in [-0.39, 0.29) is 5.69 Å². The Hall–Kier alpha value is -1.10. The number of hydrogen-bond acceptors (Lipinski definition) is 3. The van der Waals surface area contributed by atoms with Gasteiger partial charge in [-0.15, -0.1) is 0 Å². The third-order valence-electron chi connectivity index (χ3n) is 3.83. The zero-order chi connectivity index (χ0) is 11.1. The molecule has 1 N–H and O–H groups in total. The Kier molecular flexibility index (Phi) is 2.35. The molecule has 0 spiro atoms. The van der Waals surface area contributed by atoms with Crippen molar-refractivity contribution >= 4 is 0 Å². The van der Waals surface area contributed by atoms with Gasteiger partial charge in [0.15, 0.2) is 0 Å². The molecule has 0 unspecified atom stereocenters. The first-order valence-corrected chi connectivity index (χ1v) is 6.13. The third kappa shape index (κ3) is 1.42. The molecule has 2 fully saturated rings. The third-order valence-corrected chi connectivity index (χ3v) is 3.83. The van der Waals surface area contributed by atoms with Gasteiger partial charge in [-0.2, -0.15) is 5.10 Å². The molecule has 1 aromatic heterocycles. The summed E-state index contributed by atoms with van der Waals surface area (Å²) in [6, 6.07) is 0.330. The molecule has 2 heterocycles. The molecular weight excluding hydrogens is 204 g/mol. The summed E-state index contributed by atoms with van der Waals surface area (Å²) < 4.78 is 3.42. The van der Waals surface area contributed by atoms with Crippen LogP contribution in [0.25, 0.3) is 0 Å². The lowest BCUT2D eigenvalue weighted by molar-refractivity contribution is 0.322. The molecule has 1 aliphatic carbocycles. The summed E-state index contributed by atoms with van der Waals surface area (Å²) in [6.45, 7) is 1.82. The fraction of sp³-hybridized carbons (Fsp3) is 0.818. The molecule has 5 heteroatoms. The van der Waals surface area contributed by atoms with Crippen LogP contribution in [0, 0.1) is 0 Å². The van der Waals surface area contributed by atoms with Crippen molar-refractivity contribution in [2.75, 3.05) is 13.1 Å². The number of nitrogens with one attached hydrogen (secondary N) is 1. The fourth-order valence-electron chi connectivity index (χ4n) is 2.76. The lowest BCUT2D eigenvalue weighted by atomic mass is 10.1. The second-order valence-electron chi connectivity index (χ2n) is 4.93. The standard InChI is InChI=1S/C11H18N4O/c1-14-11(16)15(9-6-12-7-9)10(13-14)8-4-2-3-5-8/h8-9,12H,2-7H2,1H3. The molecule has 0 amide bonds. The number of nitrogens with zero attached hydrogens (tertiary/aromatic N) is 3. The molecule has 0 atom stereocenters. The minimum Gasteiger partial charge on any atom is -0.313 e. The molecule has 1 aromatic rings. The van der Waals surface area contributed by atoms with Crippen molar-refractivity contribution in [1.82, 2.24) is 19.7 Å². The normalized spacial score (nSPS) is 22.6. The molecule has 1 saturated heterocycles. The zero-order valence-electron chi connectivity index (χ0n) is 9.65. The van der Waals surface area contributed by atoms with Crippen LogP contribution in [0.5, 0.6) is 0 Å². The van der Waals surface area contributed by atoms with Crippen molar-refractivity contribution in [3.8, 4) is 0 Å². The van der Waals surface area contributed by atoms with Crippen LogP contribution in [0.1, 0.15) is 43.5 Å². The Balaban J connectivity index is 2.01. The van der Waals surface area contributed by atoms with E-state index in [1.165, 1.54) is 30.4 Å². The summed E-state index contributed by atoms with van der Waals surface area (Å²) in [6.07, 6.45) is 4.93. The first kappa shape index (κ1) is 10.1. The molecule has 0 radical (unpaired) electrons. The van der Waals surface area contributed by atoms with E-state index in [4.69, 9.17) is 0 Å². The number of aromatic nitrogens is 3. The summed E-state index contributed by atoms with van der Waals surface area (Å²) >= 11 is 0. The van der Waals surface area contributed by atoms with Gasteiger partial charge in [-0.3, -0.25) is 4.57 Å². The summed E-state index contributed by atoms with van der Waals surface area (Å²) in [4.78, 5) is 12.0. The summed E-state index contributed by atoms with van der Waals surface area (Å²) in [5.74, 6) is 1.53. The van der Waals surface area contributed by atoms with E-state index in [2.05, 4.69) is 10.4 Å². The molecular formula is C11H18N4O.